The highest BCUT2D eigenvalue weighted by atomic mass is 32.2. The van der Waals surface area contributed by atoms with E-state index in [1.807, 2.05) is 19.1 Å². The number of hydrogen-bond donors (Lipinski definition) is 0. The number of halogens is 3. The molecule has 0 aliphatic heterocycles. The van der Waals surface area contributed by atoms with Crippen molar-refractivity contribution < 1.29 is 17.4 Å². The molecule has 0 aliphatic rings. The molecule has 0 N–H and O–H groups in total. The van der Waals surface area contributed by atoms with Crippen LogP contribution in [0.2, 0.25) is 0 Å². The third-order valence-electron chi connectivity index (χ3n) is 3.39. The van der Waals surface area contributed by atoms with Gasteiger partial charge in [-0.05, 0) is 24.0 Å². The molecule has 0 aliphatic carbocycles. The van der Waals surface area contributed by atoms with Crippen LogP contribution >= 0.6 is 11.8 Å². The molecule has 0 bridgehead atoms. The Bertz CT molecular complexity index is 956. The first-order chi connectivity index (χ1) is 11.8. The molecule has 0 aromatic carbocycles. The quantitative estimate of drug-likeness (QED) is 0.639. The van der Waals surface area contributed by atoms with E-state index in [1.165, 1.54) is 0 Å². The predicted octanol–water partition coefficient (Wildman–Crippen LogP) is 3.77. The van der Waals surface area contributed by atoms with E-state index in [1.54, 1.807) is 29.6 Å². The molecule has 0 saturated carbocycles. The Morgan fingerprint density at radius 1 is 1.32 bits per heavy atom. The summed E-state index contributed by atoms with van der Waals surface area (Å²) in [5, 5.41) is 0. The fourth-order valence-corrected chi connectivity index (χ4v) is 3.74. The second-order valence-electron chi connectivity index (χ2n) is 5.01. The van der Waals surface area contributed by atoms with Gasteiger partial charge in [-0.25, -0.2) is 14.2 Å². The first kappa shape index (κ1) is 17.9. The lowest BCUT2D eigenvalue weighted by Crippen LogP contribution is -2.16. The summed E-state index contributed by atoms with van der Waals surface area (Å²) >= 11 is 1.59. The zero-order chi connectivity index (χ0) is 18.2. The molecular weight excluding hydrogens is 373 g/mol. The molecule has 1 unspecified atom stereocenters. The fraction of sp³-hybridized carbons (Fsp3) is 0.267. The van der Waals surface area contributed by atoms with Crippen LogP contribution in [0.1, 0.15) is 6.92 Å². The second-order valence-corrected chi connectivity index (χ2v) is 7.78. The smallest absolute Gasteiger partial charge is 0.310 e. The van der Waals surface area contributed by atoms with Crippen molar-refractivity contribution in [2.75, 3.05) is 5.75 Å². The standard InChI is InChI=1S/C15H13F3N4OS2/c1-3-24-11-5-4-6-19-12(11)14-21-10-7-9(25(23)15(16,17)18)8-20-13(10)22(14)2/h4-8H,3H2,1-2H3. The summed E-state index contributed by atoms with van der Waals surface area (Å²) in [7, 11) is -1.42. The number of fused-ring (bicyclic) bond motifs is 1. The molecular formula is C15H13F3N4OS2. The Labute approximate surface area is 148 Å². The molecule has 10 heteroatoms. The summed E-state index contributed by atoms with van der Waals surface area (Å²) in [5.41, 5.74) is -3.56. The molecule has 3 rings (SSSR count). The van der Waals surface area contributed by atoms with Crippen molar-refractivity contribution in [1.29, 1.82) is 0 Å². The molecule has 132 valence electrons. The van der Waals surface area contributed by atoms with Crippen molar-refractivity contribution in [2.24, 2.45) is 7.05 Å². The average Bonchev–Trinajstić information content (AvgIpc) is 2.90. The van der Waals surface area contributed by atoms with Crippen LogP contribution in [0.4, 0.5) is 13.2 Å². The van der Waals surface area contributed by atoms with Gasteiger partial charge in [-0.2, -0.15) is 13.2 Å². The van der Waals surface area contributed by atoms with E-state index in [9.17, 15) is 17.4 Å². The molecule has 0 fully saturated rings. The van der Waals surface area contributed by atoms with Gasteiger partial charge >= 0.3 is 5.51 Å². The minimum absolute atomic E-state index is 0.241. The Morgan fingerprint density at radius 3 is 2.76 bits per heavy atom. The van der Waals surface area contributed by atoms with Crippen LogP contribution in [0.3, 0.4) is 0 Å². The largest absolute Gasteiger partial charge is 0.475 e. The van der Waals surface area contributed by atoms with Crippen molar-refractivity contribution in [3.63, 3.8) is 0 Å². The molecule has 0 saturated heterocycles. The minimum atomic E-state index is -4.83. The van der Waals surface area contributed by atoms with Crippen molar-refractivity contribution >= 4 is 33.7 Å². The summed E-state index contributed by atoms with van der Waals surface area (Å²) in [5.74, 6) is 1.34. The van der Waals surface area contributed by atoms with Gasteiger partial charge in [-0.15, -0.1) is 11.8 Å². The van der Waals surface area contributed by atoms with Crippen molar-refractivity contribution in [3.05, 3.63) is 30.6 Å². The number of thioether (sulfide) groups is 1. The van der Waals surface area contributed by atoms with Gasteiger partial charge in [0, 0.05) is 24.3 Å². The first-order valence-corrected chi connectivity index (χ1v) is 9.35. The monoisotopic (exact) mass is 386 g/mol. The maximum Gasteiger partial charge on any atom is 0.475 e. The lowest BCUT2D eigenvalue weighted by Gasteiger charge is -2.06. The molecule has 0 amide bonds. The van der Waals surface area contributed by atoms with Gasteiger partial charge in [0.25, 0.3) is 0 Å². The van der Waals surface area contributed by atoms with Crippen molar-refractivity contribution in [1.82, 2.24) is 19.5 Å². The molecule has 1 atom stereocenters. The number of hydrogen-bond acceptors (Lipinski definition) is 5. The molecule has 5 nitrogen and oxygen atoms in total. The van der Waals surface area contributed by atoms with E-state index in [0.29, 0.717) is 17.2 Å². The number of pyridine rings is 2. The van der Waals surface area contributed by atoms with Gasteiger partial charge in [0.1, 0.15) is 11.2 Å². The molecule has 3 aromatic heterocycles. The van der Waals surface area contributed by atoms with Crippen LogP contribution in [0.25, 0.3) is 22.7 Å². The summed E-state index contributed by atoms with van der Waals surface area (Å²) in [6.07, 6.45) is 2.60. The highest BCUT2D eigenvalue weighted by molar-refractivity contribution is 7.99. The van der Waals surface area contributed by atoms with Gasteiger partial charge in [0.2, 0.25) is 0 Å². The lowest BCUT2D eigenvalue weighted by atomic mass is 10.3. The van der Waals surface area contributed by atoms with Crippen LogP contribution in [0, 0.1) is 0 Å². The number of imidazole rings is 1. The summed E-state index contributed by atoms with van der Waals surface area (Å²) in [6.45, 7) is 2.01. The van der Waals surface area contributed by atoms with Gasteiger partial charge in [0.05, 0.1) is 4.90 Å². The van der Waals surface area contributed by atoms with Gasteiger partial charge in [-0.1, -0.05) is 6.92 Å². The van der Waals surface area contributed by atoms with Gasteiger partial charge < -0.3 is 4.57 Å². The number of aryl methyl sites for hydroxylation is 1. The minimum Gasteiger partial charge on any atom is -0.310 e. The Hall–Kier alpha value is -1.94. The Kier molecular flexibility index (Phi) is 4.83. The topological polar surface area (TPSA) is 60.7 Å². The van der Waals surface area contributed by atoms with E-state index in [2.05, 4.69) is 15.0 Å². The first-order valence-electron chi connectivity index (χ1n) is 7.22. The maximum atomic E-state index is 12.7. The fourth-order valence-electron chi connectivity index (χ4n) is 2.33. The van der Waals surface area contributed by atoms with E-state index >= 15 is 0 Å². The number of aromatic nitrogens is 4. The number of nitrogens with zero attached hydrogens (tertiary/aromatic N) is 4. The lowest BCUT2D eigenvalue weighted by molar-refractivity contribution is -0.0384. The van der Waals surface area contributed by atoms with Gasteiger partial charge in [-0.3, -0.25) is 4.98 Å². The highest BCUT2D eigenvalue weighted by Gasteiger charge is 2.38. The second kappa shape index (κ2) is 6.75. The SMILES string of the molecule is CCSc1cccnc1-c1nc2cc(S(=O)C(F)(F)F)cnc2n1C. The van der Waals surface area contributed by atoms with Crippen LogP contribution in [-0.2, 0) is 17.8 Å². The van der Waals surface area contributed by atoms with E-state index in [0.717, 1.165) is 22.9 Å². The molecule has 0 spiro atoms. The van der Waals surface area contributed by atoms with Crippen LogP contribution in [-0.4, -0.2) is 35.0 Å². The molecule has 3 heterocycles. The van der Waals surface area contributed by atoms with Crippen LogP contribution in [0.15, 0.2) is 40.4 Å². The number of rotatable bonds is 4. The van der Waals surface area contributed by atoms with Crippen molar-refractivity contribution in [2.45, 2.75) is 22.2 Å². The summed E-state index contributed by atoms with van der Waals surface area (Å²) in [6, 6.07) is 4.88. The molecule has 3 aromatic rings. The molecule has 25 heavy (non-hydrogen) atoms. The average molecular weight is 386 g/mol. The zero-order valence-electron chi connectivity index (χ0n) is 13.2. The van der Waals surface area contributed by atoms with E-state index < -0.39 is 21.2 Å². The Balaban J connectivity index is 2.13. The summed E-state index contributed by atoms with van der Waals surface area (Å²) < 4.78 is 51.1. The van der Waals surface area contributed by atoms with E-state index in [4.69, 9.17) is 0 Å². The maximum absolute atomic E-state index is 12.7. The van der Waals surface area contributed by atoms with Crippen LogP contribution in [0.5, 0.6) is 0 Å². The highest BCUT2D eigenvalue weighted by Crippen LogP contribution is 2.31. The predicted molar refractivity (Wildman–Crippen MR) is 90.6 cm³/mol. The molecule has 0 radical (unpaired) electrons. The Morgan fingerprint density at radius 2 is 2.08 bits per heavy atom. The van der Waals surface area contributed by atoms with Gasteiger partial charge in [0.15, 0.2) is 22.3 Å². The third-order valence-corrected chi connectivity index (χ3v) is 5.39. The zero-order valence-corrected chi connectivity index (χ0v) is 14.9. The van der Waals surface area contributed by atoms with Crippen molar-refractivity contribution in [3.8, 4) is 11.5 Å². The summed E-state index contributed by atoms with van der Waals surface area (Å²) in [4.78, 5) is 13.2. The number of alkyl halides is 3. The normalized spacial score (nSPS) is 13.3. The third kappa shape index (κ3) is 3.40. The van der Waals surface area contributed by atoms with Crippen LogP contribution < -0.4 is 0 Å². The van der Waals surface area contributed by atoms with E-state index in [-0.39, 0.29) is 5.52 Å².